The largest absolute Gasteiger partial charge is 0.481 e. The third kappa shape index (κ3) is 3.67. The molecule has 3 N–H and O–H groups in total. The third-order valence-electron chi connectivity index (χ3n) is 1.48. The maximum atomic E-state index is 10.9. The van der Waals surface area contributed by atoms with Crippen molar-refractivity contribution in [2.45, 2.75) is 13.3 Å². The minimum absolute atomic E-state index is 0.169. The Balaban J connectivity index is 2.52. The van der Waals surface area contributed by atoms with Crippen LogP contribution < -0.4 is 5.32 Å². The van der Waals surface area contributed by atoms with E-state index in [1.54, 1.807) is 6.92 Å². The quantitative estimate of drug-likeness (QED) is 0.679. The van der Waals surface area contributed by atoms with Crippen molar-refractivity contribution in [3.05, 3.63) is 11.8 Å². The Morgan fingerprint density at radius 3 is 3.00 bits per heavy atom. The van der Waals surface area contributed by atoms with E-state index < -0.39 is 12.1 Å². The maximum absolute atomic E-state index is 10.9. The minimum Gasteiger partial charge on any atom is -0.481 e. The van der Waals surface area contributed by atoms with Crippen LogP contribution in [0.3, 0.4) is 0 Å². The van der Waals surface area contributed by atoms with E-state index in [1.807, 2.05) is 0 Å². The van der Waals surface area contributed by atoms with Crippen LogP contribution in [0.15, 0.2) is 6.07 Å². The van der Waals surface area contributed by atoms with Crippen molar-refractivity contribution in [1.29, 1.82) is 0 Å². The first-order valence-corrected chi connectivity index (χ1v) is 4.31. The van der Waals surface area contributed by atoms with E-state index in [1.165, 1.54) is 6.07 Å². The summed E-state index contributed by atoms with van der Waals surface area (Å²) >= 11 is 0. The number of H-pyrrole nitrogens is 1. The van der Waals surface area contributed by atoms with Crippen LogP contribution in [0.2, 0.25) is 0 Å². The van der Waals surface area contributed by atoms with E-state index in [0.29, 0.717) is 5.69 Å². The van der Waals surface area contributed by atoms with Crippen molar-refractivity contribution in [3.63, 3.8) is 0 Å². The summed E-state index contributed by atoms with van der Waals surface area (Å²) in [6.45, 7) is 1.94. The molecule has 1 amide bonds. The van der Waals surface area contributed by atoms with Gasteiger partial charge < -0.3 is 9.84 Å². The number of aromatic nitrogens is 2. The molecule has 7 heteroatoms. The number of nitrogens with zero attached hydrogens (tertiary/aromatic N) is 1. The molecule has 0 unspecified atom stereocenters. The highest BCUT2D eigenvalue weighted by atomic mass is 16.5. The monoisotopic (exact) mass is 213 g/mol. The summed E-state index contributed by atoms with van der Waals surface area (Å²) in [5.74, 6) is -0.731. The molecule has 0 atom stereocenters. The lowest BCUT2D eigenvalue weighted by Crippen LogP contribution is -2.13. The molecule has 0 saturated carbocycles. The Hall–Kier alpha value is -2.05. The van der Waals surface area contributed by atoms with Gasteiger partial charge in [-0.2, -0.15) is 5.10 Å². The van der Waals surface area contributed by atoms with Gasteiger partial charge >= 0.3 is 12.1 Å². The molecule has 82 valence electrons. The lowest BCUT2D eigenvalue weighted by Gasteiger charge is -1.99. The first kappa shape index (κ1) is 11.0. The van der Waals surface area contributed by atoms with Crippen molar-refractivity contribution in [3.8, 4) is 0 Å². The van der Waals surface area contributed by atoms with Crippen molar-refractivity contribution >= 4 is 17.9 Å². The SMILES string of the molecule is CCOC(=O)Nc1cc(CC(=O)O)[nH]n1. The van der Waals surface area contributed by atoms with Crippen molar-refractivity contribution in [1.82, 2.24) is 10.2 Å². The summed E-state index contributed by atoms with van der Waals surface area (Å²) in [5.41, 5.74) is 0.411. The highest BCUT2D eigenvalue weighted by molar-refractivity contribution is 5.83. The Morgan fingerprint density at radius 1 is 1.67 bits per heavy atom. The molecule has 0 aromatic carbocycles. The number of carbonyl (C=O) groups is 2. The number of hydrogen-bond acceptors (Lipinski definition) is 4. The molecule has 0 saturated heterocycles. The van der Waals surface area contributed by atoms with Gasteiger partial charge in [0.1, 0.15) is 0 Å². The number of carboxylic acids is 1. The maximum Gasteiger partial charge on any atom is 0.412 e. The molecule has 0 bridgehead atoms. The van der Waals surface area contributed by atoms with Gasteiger partial charge in [-0.05, 0) is 6.92 Å². The third-order valence-corrected chi connectivity index (χ3v) is 1.48. The number of aliphatic carboxylic acids is 1. The highest BCUT2D eigenvalue weighted by Crippen LogP contribution is 2.06. The molecule has 7 nitrogen and oxygen atoms in total. The first-order valence-electron chi connectivity index (χ1n) is 4.31. The summed E-state index contributed by atoms with van der Waals surface area (Å²) < 4.78 is 4.62. The summed E-state index contributed by atoms with van der Waals surface area (Å²) in [4.78, 5) is 21.3. The van der Waals surface area contributed by atoms with Crippen LogP contribution in [0, 0.1) is 0 Å². The van der Waals surface area contributed by atoms with E-state index in [-0.39, 0.29) is 18.8 Å². The molecule has 1 aromatic rings. The fourth-order valence-corrected chi connectivity index (χ4v) is 0.951. The highest BCUT2D eigenvalue weighted by Gasteiger charge is 2.07. The van der Waals surface area contributed by atoms with E-state index in [9.17, 15) is 9.59 Å². The molecule has 15 heavy (non-hydrogen) atoms. The Bertz CT molecular complexity index is 361. The average Bonchev–Trinajstić information content (AvgIpc) is 2.51. The molecule has 0 aliphatic rings. The number of carboxylic acid groups (broad SMARTS) is 1. The number of anilines is 1. The second kappa shape index (κ2) is 4.99. The van der Waals surface area contributed by atoms with Crippen LogP contribution in [0.5, 0.6) is 0 Å². The van der Waals surface area contributed by atoms with E-state index in [4.69, 9.17) is 5.11 Å². The number of aromatic amines is 1. The van der Waals surface area contributed by atoms with Gasteiger partial charge in [0.15, 0.2) is 5.82 Å². The zero-order valence-electron chi connectivity index (χ0n) is 8.11. The zero-order chi connectivity index (χ0) is 11.3. The summed E-state index contributed by atoms with van der Waals surface area (Å²) in [6, 6.07) is 1.44. The molecule has 0 radical (unpaired) electrons. The van der Waals surface area contributed by atoms with Crippen molar-refractivity contribution < 1.29 is 19.4 Å². The minimum atomic E-state index is -0.971. The van der Waals surface area contributed by atoms with Gasteiger partial charge in [-0.25, -0.2) is 4.79 Å². The van der Waals surface area contributed by atoms with Gasteiger partial charge in [-0.1, -0.05) is 0 Å². The Morgan fingerprint density at radius 2 is 2.40 bits per heavy atom. The van der Waals surface area contributed by atoms with Crippen LogP contribution in [0.4, 0.5) is 10.6 Å². The van der Waals surface area contributed by atoms with Crippen molar-refractivity contribution in [2.75, 3.05) is 11.9 Å². The number of hydrogen-bond donors (Lipinski definition) is 3. The number of ether oxygens (including phenoxy) is 1. The lowest BCUT2D eigenvalue weighted by atomic mass is 10.3. The van der Waals surface area contributed by atoms with Gasteiger partial charge in [-0.15, -0.1) is 0 Å². The summed E-state index contributed by atoms with van der Waals surface area (Å²) in [5, 5.41) is 17.0. The average molecular weight is 213 g/mol. The molecular formula is C8H11N3O4. The zero-order valence-corrected chi connectivity index (χ0v) is 8.11. The van der Waals surface area contributed by atoms with Crippen LogP contribution in [-0.4, -0.2) is 34.0 Å². The Labute approximate surface area is 85.4 Å². The number of nitrogens with one attached hydrogen (secondary N) is 2. The number of amides is 1. The van der Waals surface area contributed by atoms with Gasteiger partial charge in [0.25, 0.3) is 0 Å². The van der Waals surface area contributed by atoms with Crippen molar-refractivity contribution in [2.24, 2.45) is 0 Å². The second-order valence-electron chi connectivity index (χ2n) is 2.69. The topological polar surface area (TPSA) is 104 Å². The standard InChI is InChI=1S/C8H11N3O4/c1-2-15-8(14)9-6-3-5(10-11-6)4-7(12)13/h3H,2,4H2,1H3,(H,12,13)(H2,9,10,11,14). The van der Waals surface area contributed by atoms with Crippen LogP contribution in [-0.2, 0) is 16.0 Å². The predicted octanol–water partition coefficient (Wildman–Crippen LogP) is 0.605. The Kier molecular flexibility index (Phi) is 3.67. The van der Waals surface area contributed by atoms with E-state index in [0.717, 1.165) is 0 Å². The molecule has 0 fully saturated rings. The molecule has 0 aliphatic heterocycles. The summed E-state index contributed by atoms with van der Waals surface area (Å²) in [7, 11) is 0. The smallest absolute Gasteiger partial charge is 0.412 e. The van der Waals surface area contributed by atoms with E-state index >= 15 is 0 Å². The van der Waals surface area contributed by atoms with Gasteiger partial charge in [0, 0.05) is 11.8 Å². The predicted molar refractivity (Wildman–Crippen MR) is 50.6 cm³/mol. The number of rotatable bonds is 4. The van der Waals surface area contributed by atoms with Gasteiger partial charge in [0.05, 0.1) is 13.0 Å². The summed E-state index contributed by atoms with van der Waals surface area (Å²) in [6.07, 6.45) is -0.789. The normalized spacial score (nSPS) is 9.67. The van der Waals surface area contributed by atoms with Crippen LogP contribution in [0.1, 0.15) is 12.6 Å². The number of carbonyl (C=O) groups excluding carboxylic acids is 1. The van der Waals surface area contributed by atoms with Crippen LogP contribution in [0.25, 0.3) is 0 Å². The van der Waals surface area contributed by atoms with Gasteiger partial charge in [0.2, 0.25) is 0 Å². The molecule has 0 spiro atoms. The van der Waals surface area contributed by atoms with Crippen LogP contribution >= 0.6 is 0 Å². The first-order chi connectivity index (χ1) is 7.11. The molecule has 1 rings (SSSR count). The fourth-order valence-electron chi connectivity index (χ4n) is 0.951. The lowest BCUT2D eigenvalue weighted by molar-refractivity contribution is -0.136. The molecule has 0 aliphatic carbocycles. The molecule has 1 aromatic heterocycles. The fraction of sp³-hybridized carbons (Fsp3) is 0.375. The van der Waals surface area contributed by atoms with E-state index in [2.05, 4.69) is 20.3 Å². The van der Waals surface area contributed by atoms with Gasteiger partial charge in [-0.3, -0.25) is 15.2 Å². The molecular weight excluding hydrogens is 202 g/mol. The second-order valence-corrected chi connectivity index (χ2v) is 2.69. The molecule has 1 heterocycles.